The largest absolute Gasteiger partial charge is 0.459 e. The highest BCUT2D eigenvalue weighted by Crippen LogP contribution is 2.42. The van der Waals surface area contributed by atoms with E-state index in [1.165, 1.54) is 64.5 Å². The van der Waals surface area contributed by atoms with Crippen molar-refractivity contribution in [3.63, 3.8) is 0 Å². The summed E-state index contributed by atoms with van der Waals surface area (Å²) in [5.41, 5.74) is 0. The Balaban J connectivity index is 1.45. The summed E-state index contributed by atoms with van der Waals surface area (Å²) in [4.78, 5) is 18.2. The quantitative estimate of drug-likeness (QED) is 0.582. The van der Waals surface area contributed by atoms with Crippen LogP contribution in [0.4, 0.5) is 0 Å². The van der Waals surface area contributed by atoms with Crippen LogP contribution in [-0.2, 0) is 14.3 Å². The first-order chi connectivity index (χ1) is 16.2. The van der Waals surface area contributed by atoms with Crippen LogP contribution < -0.4 is 0 Å². The molecule has 0 radical (unpaired) electrons. The Bertz CT molecular complexity index is 634. The molecule has 33 heavy (non-hydrogen) atoms. The van der Waals surface area contributed by atoms with Crippen molar-refractivity contribution in [2.45, 2.75) is 96.3 Å². The highest BCUT2D eigenvalue weighted by molar-refractivity contribution is 5.91. The third kappa shape index (κ3) is 6.32. The molecule has 4 rings (SSSR count). The van der Waals surface area contributed by atoms with E-state index in [9.17, 15) is 9.90 Å². The van der Waals surface area contributed by atoms with E-state index in [-0.39, 0.29) is 24.7 Å². The van der Waals surface area contributed by atoms with Gasteiger partial charge in [0.2, 0.25) is 6.29 Å². The van der Waals surface area contributed by atoms with Gasteiger partial charge < -0.3 is 24.4 Å². The monoisotopic (exact) mass is 462 g/mol. The third-order valence-corrected chi connectivity index (χ3v) is 8.52. The van der Waals surface area contributed by atoms with Gasteiger partial charge in [-0.2, -0.15) is 0 Å². The highest BCUT2D eigenvalue weighted by Gasteiger charge is 2.42. The smallest absolute Gasteiger partial charge is 0.288 e. The number of hydrogen-bond donors (Lipinski definition) is 1. The number of aliphatic hydroxyl groups excluding tert-OH is 1. The van der Waals surface area contributed by atoms with Gasteiger partial charge in [0.05, 0.1) is 0 Å². The van der Waals surface area contributed by atoms with Gasteiger partial charge in [-0.15, -0.1) is 0 Å². The lowest BCUT2D eigenvalue weighted by atomic mass is 9.71. The van der Waals surface area contributed by atoms with Gasteiger partial charge in [-0.05, 0) is 89.3 Å². The Labute approximate surface area is 200 Å². The molecule has 0 aromatic carbocycles. The number of rotatable bonds is 8. The van der Waals surface area contributed by atoms with E-state index in [0.29, 0.717) is 30.2 Å². The number of nitrogens with zero attached hydrogens (tertiary/aromatic N) is 2. The molecule has 4 aliphatic rings. The maximum absolute atomic E-state index is 13.6. The lowest BCUT2D eigenvalue weighted by Crippen LogP contribution is -2.49. The second kappa shape index (κ2) is 12.6. The van der Waals surface area contributed by atoms with Crippen molar-refractivity contribution in [1.29, 1.82) is 0 Å². The van der Waals surface area contributed by atoms with Gasteiger partial charge in [0.25, 0.3) is 5.91 Å². The molecule has 1 aliphatic carbocycles. The number of aliphatic hydroxyl groups is 1. The number of carbonyl (C=O) groups excluding carboxylic acids is 1. The fourth-order valence-electron chi connectivity index (χ4n) is 6.71. The maximum Gasteiger partial charge on any atom is 0.288 e. The van der Waals surface area contributed by atoms with Crippen LogP contribution in [0.25, 0.3) is 0 Å². The maximum atomic E-state index is 13.6. The summed E-state index contributed by atoms with van der Waals surface area (Å²) < 4.78 is 12.3. The van der Waals surface area contributed by atoms with Gasteiger partial charge >= 0.3 is 0 Å². The summed E-state index contributed by atoms with van der Waals surface area (Å²) >= 11 is 0. The van der Waals surface area contributed by atoms with E-state index in [4.69, 9.17) is 9.47 Å². The Morgan fingerprint density at radius 3 is 2.39 bits per heavy atom. The molecule has 2 saturated heterocycles. The van der Waals surface area contributed by atoms with Gasteiger partial charge in [0, 0.05) is 38.3 Å². The topological polar surface area (TPSA) is 62.2 Å². The standard InChI is InChI=1S/C27H46N2O4/c1-2-32-27-23(12-9-19-30)24(21-10-5-3-6-11-21)20-25(33-27)26(31)29-17-13-22(14-18-29)28-15-7-4-8-16-28/h20-24,27,30H,2-19H2,1H3/t23-,24-,27-/m1/s1. The first kappa shape index (κ1) is 25.0. The molecular formula is C27H46N2O4. The van der Waals surface area contributed by atoms with Crippen molar-refractivity contribution in [3.8, 4) is 0 Å². The van der Waals surface area contributed by atoms with Crippen LogP contribution in [0.15, 0.2) is 11.8 Å². The fraction of sp³-hybridized carbons (Fsp3) is 0.889. The normalized spacial score (nSPS) is 30.7. The molecule has 0 aromatic heterocycles. The SMILES string of the molecule is CCO[C@@H]1OC(C(=O)N2CCC(N3CCCCC3)CC2)=C[C@H](C2CCCCC2)[C@H]1CCCO. The molecule has 6 heteroatoms. The van der Waals surface area contributed by atoms with E-state index in [1.54, 1.807) is 0 Å². The lowest BCUT2D eigenvalue weighted by molar-refractivity contribution is -0.180. The Morgan fingerprint density at radius 1 is 1.03 bits per heavy atom. The van der Waals surface area contributed by atoms with E-state index in [2.05, 4.69) is 11.0 Å². The summed E-state index contributed by atoms with van der Waals surface area (Å²) in [6.07, 6.45) is 15.8. The highest BCUT2D eigenvalue weighted by atomic mass is 16.7. The number of amides is 1. The minimum atomic E-state index is -0.386. The van der Waals surface area contributed by atoms with Crippen LogP contribution in [0, 0.1) is 17.8 Å². The van der Waals surface area contributed by atoms with Crippen molar-refractivity contribution in [1.82, 2.24) is 9.80 Å². The fourth-order valence-corrected chi connectivity index (χ4v) is 6.71. The number of piperidine rings is 2. The summed E-state index contributed by atoms with van der Waals surface area (Å²) in [5.74, 6) is 1.66. The molecule has 1 amide bonds. The van der Waals surface area contributed by atoms with Gasteiger partial charge in [-0.3, -0.25) is 4.79 Å². The summed E-state index contributed by atoms with van der Waals surface area (Å²) in [5, 5.41) is 9.47. The summed E-state index contributed by atoms with van der Waals surface area (Å²) in [7, 11) is 0. The second-order valence-electron chi connectivity index (χ2n) is 10.6. The zero-order valence-electron chi connectivity index (χ0n) is 20.8. The predicted molar refractivity (Wildman–Crippen MR) is 129 cm³/mol. The van der Waals surface area contributed by atoms with Crippen molar-refractivity contribution >= 4 is 5.91 Å². The number of likely N-dealkylation sites (tertiary alicyclic amines) is 2. The number of allylic oxidation sites excluding steroid dienone is 1. The average molecular weight is 463 g/mol. The van der Waals surface area contributed by atoms with Crippen LogP contribution in [0.1, 0.15) is 84.0 Å². The van der Waals surface area contributed by atoms with E-state index in [1.807, 2.05) is 11.8 Å². The lowest BCUT2D eigenvalue weighted by Gasteiger charge is -2.43. The second-order valence-corrected chi connectivity index (χ2v) is 10.6. The Kier molecular flexibility index (Phi) is 9.51. The first-order valence-electron chi connectivity index (χ1n) is 13.9. The molecule has 0 bridgehead atoms. The van der Waals surface area contributed by atoms with Gasteiger partial charge in [-0.25, -0.2) is 0 Å². The van der Waals surface area contributed by atoms with Crippen LogP contribution in [-0.4, -0.2) is 72.5 Å². The number of carbonyl (C=O) groups is 1. The van der Waals surface area contributed by atoms with Crippen molar-refractivity contribution < 1.29 is 19.4 Å². The van der Waals surface area contributed by atoms with Crippen molar-refractivity contribution in [2.75, 3.05) is 39.4 Å². The van der Waals surface area contributed by atoms with E-state index in [0.717, 1.165) is 38.8 Å². The molecule has 1 N–H and O–H groups in total. The van der Waals surface area contributed by atoms with Crippen LogP contribution >= 0.6 is 0 Å². The zero-order valence-corrected chi connectivity index (χ0v) is 20.8. The van der Waals surface area contributed by atoms with Crippen LogP contribution in [0.5, 0.6) is 0 Å². The minimum Gasteiger partial charge on any atom is -0.459 e. The molecule has 188 valence electrons. The molecule has 6 nitrogen and oxygen atoms in total. The van der Waals surface area contributed by atoms with Crippen molar-refractivity contribution in [2.24, 2.45) is 17.8 Å². The van der Waals surface area contributed by atoms with Gasteiger partial charge in [0.15, 0.2) is 5.76 Å². The number of hydrogen-bond acceptors (Lipinski definition) is 5. The van der Waals surface area contributed by atoms with Gasteiger partial charge in [0.1, 0.15) is 0 Å². The minimum absolute atomic E-state index is 0.0539. The molecular weight excluding hydrogens is 416 g/mol. The molecule has 3 fully saturated rings. The first-order valence-corrected chi connectivity index (χ1v) is 13.9. The number of ether oxygens (including phenoxy) is 2. The van der Waals surface area contributed by atoms with E-state index >= 15 is 0 Å². The van der Waals surface area contributed by atoms with Crippen molar-refractivity contribution in [3.05, 3.63) is 11.8 Å². The summed E-state index contributed by atoms with van der Waals surface area (Å²) in [6, 6.07) is 0.629. The van der Waals surface area contributed by atoms with Crippen LogP contribution in [0.2, 0.25) is 0 Å². The van der Waals surface area contributed by atoms with Crippen LogP contribution in [0.3, 0.4) is 0 Å². The average Bonchev–Trinajstić information content (AvgIpc) is 2.88. The zero-order chi connectivity index (χ0) is 23.0. The molecule has 0 spiro atoms. The Hall–Kier alpha value is -1.11. The third-order valence-electron chi connectivity index (χ3n) is 8.52. The predicted octanol–water partition coefficient (Wildman–Crippen LogP) is 4.33. The molecule has 3 aliphatic heterocycles. The molecule has 1 saturated carbocycles. The molecule has 3 heterocycles. The Morgan fingerprint density at radius 2 is 1.73 bits per heavy atom. The molecule has 3 atom stereocenters. The van der Waals surface area contributed by atoms with E-state index < -0.39 is 0 Å². The summed E-state index contributed by atoms with van der Waals surface area (Å²) in [6.45, 7) is 6.84. The molecule has 0 unspecified atom stereocenters. The molecule has 0 aromatic rings. The van der Waals surface area contributed by atoms with Gasteiger partial charge in [-0.1, -0.05) is 25.7 Å².